The van der Waals surface area contributed by atoms with Crippen LogP contribution in [-0.4, -0.2) is 35.9 Å². The van der Waals surface area contributed by atoms with Gasteiger partial charge >= 0.3 is 0 Å². The Bertz CT molecular complexity index is 551. The van der Waals surface area contributed by atoms with E-state index in [1.165, 1.54) is 23.1 Å². The van der Waals surface area contributed by atoms with Crippen LogP contribution in [0.1, 0.15) is 23.7 Å². The summed E-state index contributed by atoms with van der Waals surface area (Å²) in [4.78, 5) is 24.1. The first-order chi connectivity index (χ1) is 9.54. The molecule has 0 bridgehead atoms. The number of hydrogen-bond acceptors (Lipinski definition) is 5. The highest BCUT2D eigenvalue weighted by Gasteiger charge is 2.19. The van der Waals surface area contributed by atoms with Gasteiger partial charge in [-0.05, 0) is 19.1 Å². The highest BCUT2D eigenvalue weighted by atomic mass is 16.6. The summed E-state index contributed by atoms with van der Waals surface area (Å²) in [6.07, 6.45) is 0.232. The summed E-state index contributed by atoms with van der Waals surface area (Å²) in [7, 11) is 1.58. The van der Waals surface area contributed by atoms with Crippen LogP contribution in [0.5, 0.6) is 0 Å². The molecule has 0 heterocycles. The van der Waals surface area contributed by atoms with Gasteiger partial charge in [0.15, 0.2) is 0 Å². The van der Waals surface area contributed by atoms with Crippen molar-refractivity contribution in [1.82, 2.24) is 4.90 Å². The van der Waals surface area contributed by atoms with Crippen molar-refractivity contribution in [3.63, 3.8) is 0 Å². The molecule has 1 amide bonds. The molecule has 0 unspecified atom stereocenters. The van der Waals surface area contributed by atoms with Crippen molar-refractivity contribution >= 4 is 17.3 Å². The Kier molecular flexibility index (Phi) is 5.47. The summed E-state index contributed by atoms with van der Waals surface area (Å²) < 4.78 is 0. The van der Waals surface area contributed by atoms with E-state index in [9.17, 15) is 14.9 Å². The Morgan fingerprint density at radius 2 is 2.25 bits per heavy atom. The fraction of sp³-hybridized carbons (Fsp3) is 0.385. The molecule has 0 radical (unpaired) electrons. The van der Waals surface area contributed by atoms with E-state index in [1.807, 2.05) is 6.07 Å². The topological polar surface area (TPSA) is 99.3 Å². The number of nitrogens with zero attached hydrogens (tertiary/aromatic N) is 3. The maximum Gasteiger partial charge on any atom is 0.293 e. The van der Waals surface area contributed by atoms with Crippen molar-refractivity contribution in [1.29, 1.82) is 5.26 Å². The van der Waals surface area contributed by atoms with Crippen molar-refractivity contribution < 1.29 is 9.72 Å². The van der Waals surface area contributed by atoms with E-state index in [1.54, 1.807) is 14.0 Å². The van der Waals surface area contributed by atoms with E-state index in [0.717, 1.165) is 0 Å². The van der Waals surface area contributed by atoms with E-state index in [4.69, 9.17) is 5.26 Å². The van der Waals surface area contributed by atoms with E-state index >= 15 is 0 Å². The molecule has 0 saturated carbocycles. The molecule has 7 heteroatoms. The average molecular weight is 276 g/mol. The Morgan fingerprint density at radius 3 is 2.75 bits per heavy atom. The van der Waals surface area contributed by atoms with Crippen molar-refractivity contribution in [2.24, 2.45) is 0 Å². The number of carbonyl (C=O) groups is 1. The lowest BCUT2D eigenvalue weighted by Crippen LogP contribution is -2.31. The van der Waals surface area contributed by atoms with Crippen LogP contribution < -0.4 is 5.32 Å². The molecule has 1 aromatic rings. The predicted octanol–water partition coefficient (Wildman–Crippen LogP) is 2.01. The van der Waals surface area contributed by atoms with Gasteiger partial charge in [-0.3, -0.25) is 14.9 Å². The third kappa shape index (κ3) is 3.45. The molecule has 0 saturated heterocycles. The molecule has 0 aliphatic rings. The summed E-state index contributed by atoms with van der Waals surface area (Å²) in [6.45, 7) is 2.56. The zero-order valence-electron chi connectivity index (χ0n) is 11.4. The quantitative estimate of drug-likeness (QED) is 0.633. The van der Waals surface area contributed by atoms with Gasteiger partial charge in [0.1, 0.15) is 5.69 Å². The molecule has 20 heavy (non-hydrogen) atoms. The second-order valence-electron chi connectivity index (χ2n) is 4.03. The fourth-order valence-corrected chi connectivity index (χ4v) is 1.80. The first kappa shape index (κ1) is 15.4. The van der Waals surface area contributed by atoms with Crippen LogP contribution in [0.4, 0.5) is 11.4 Å². The second kappa shape index (κ2) is 7.09. The summed E-state index contributed by atoms with van der Waals surface area (Å²) in [5.74, 6) is -0.312. The number of hydrogen-bond donors (Lipinski definition) is 1. The highest BCUT2D eigenvalue weighted by Crippen LogP contribution is 2.25. The number of nitro benzene ring substituents is 1. The lowest BCUT2D eigenvalue weighted by molar-refractivity contribution is -0.384. The Morgan fingerprint density at radius 1 is 1.55 bits per heavy atom. The van der Waals surface area contributed by atoms with Crippen LogP contribution in [-0.2, 0) is 0 Å². The van der Waals surface area contributed by atoms with Gasteiger partial charge < -0.3 is 10.2 Å². The molecule has 0 aliphatic carbocycles. The van der Waals surface area contributed by atoms with Gasteiger partial charge in [0.25, 0.3) is 11.6 Å². The van der Waals surface area contributed by atoms with Crippen molar-refractivity contribution in [2.45, 2.75) is 13.3 Å². The van der Waals surface area contributed by atoms with Gasteiger partial charge in [-0.15, -0.1) is 0 Å². The van der Waals surface area contributed by atoms with Crippen molar-refractivity contribution in [2.75, 3.05) is 25.5 Å². The van der Waals surface area contributed by atoms with Gasteiger partial charge in [-0.1, -0.05) is 0 Å². The fourth-order valence-electron chi connectivity index (χ4n) is 1.80. The number of amides is 1. The lowest BCUT2D eigenvalue weighted by atomic mass is 10.1. The first-order valence-electron chi connectivity index (χ1n) is 6.17. The lowest BCUT2D eigenvalue weighted by Gasteiger charge is -2.19. The monoisotopic (exact) mass is 276 g/mol. The van der Waals surface area contributed by atoms with Crippen LogP contribution in [0.3, 0.4) is 0 Å². The number of nitro groups is 1. The minimum atomic E-state index is -0.534. The zero-order valence-corrected chi connectivity index (χ0v) is 11.4. The van der Waals surface area contributed by atoms with E-state index in [0.29, 0.717) is 18.8 Å². The summed E-state index contributed by atoms with van der Waals surface area (Å²) in [5.41, 5.74) is 0.455. The number of anilines is 1. The molecule has 106 valence electrons. The van der Waals surface area contributed by atoms with E-state index in [-0.39, 0.29) is 23.6 Å². The van der Waals surface area contributed by atoms with Crippen LogP contribution in [0, 0.1) is 21.4 Å². The Hall–Kier alpha value is -2.62. The molecule has 0 aliphatic heterocycles. The molecule has 0 spiro atoms. The van der Waals surface area contributed by atoms with Crippen LogP contribution in [0.15, 0.2) is 18.2 Å². The number of nitrogens with one attached hydrogen (secondary N) is 1. The Balaban J connectivity index is 3.07. The maximum atomic E-state index is 12.2. The third-order valence-corrected chi connectivity index (χ3v) is 2.87. The van der Waals surface area contributed by atoms with Gasteiger partial charge in [-0.25, -0.2) is 0 Å². The van der Waals surface area contributed by atoms with Gasteiger partial charge in [0, 0.05) is 31.8 Å². The van der Waals surface area contributed by atoms with E-state index < -0.39 is 4.92 Å². The summed E-state index contributed by atoms with van der Waals surface area (Å²) >= 11 is 0. The molecule has 1 aromatic carbocycles. The standard InChI is InChI=1S/C13H16N4O3/c1-3-16(8-4-7-14)13(18)10-5-6-11(15-2)12(9-10)17(19)20/h5-6,9,15H,3-4,8H2,1-2H3. The first-order valence-corrected chi connectivity index (χ1v) is 6.17. The summed E-state index contributed by atoms with van der Waals surface area (Å²) in [6, 6.07) is 6.27. The van der Waals surface area contributed by atoms with E-state index in [2.05, 4.69) is 5.32 Å². The SMILES string of the molecule is CCN(CCC#N)C(=O)c1ccc(NC)c([N+](=O)[O-])c1. The van der Waals surface area contributed by atoms with Crippen molar-refractivity contribution in [3.8, 4) is 6.07 Å². The smallest absolute Gasteiger partial charge is 0.293 e. The third-order valence-electron chi connectivity index (χ3n) is 2.87. The van der Waals surface area contributed by atoms with Crippen LogP contribution in [0.25, 0.3) is 0 Å². The summed E-state index contributed by atoms with van der Waals surface area (Å²) in [5, 5.41) is 22.2. The predicted molar refractivity (Wildman–Crippen MR) is 74.5 cm³/mol. The number of benzene rings is 1. The number of nitriles is 1. The maximum absolute atomic E-state index is 12.2. The molecule has 7 nitrogen and oxygen atoms in total. The molecular weight excluding hydrogens is 260 g/mol. The largest absolute Gasteiger partial charge is 0.383 e. The molecule has 0 atom stereocenters. The van der Waals surface area contributed by atoms with Crippen LogP contribution >= 0.6 is 0 Å². The second-order valence-corrected chi connectivity index (χ2v) is 4.03. The molecule has 0 aromatic heterocycles. The number of rotatable bonds is 6. The normalized spacial score (nSPS) is 9.65. The zero-order chi connectivity index (χ0) is 15.1. The number of carbonyl (C=O) groups excluding carboxylic acids is 1. The highest BCUT2D eigenvalue weighted by molar-refractivity contribution is 5.95. The molecule has 0 fully saturated rings. The average Bonchev–Trinajstić information content (AvgIpc) is 2.46. The minimum Gasteiger partial charge on any atom is -0.383 e. The molecule has 1 rings (SSSR count). The Labute approximate surface area is 117 Å². The van der Waals surface area contributed by atoms with Gasteiger partial charge in [0.2, 0.25) is 0 Å². The van der Waals surface area contributed by atoms with Crippen molar-refractivity contribution in [3.05, 3.63) is 33.9 Å². The molecular formula is C13H16N4O3. The van der Waals surface area contributed by atoms with Gasteiger partial charge in [-0.2, -0.15) is 5.26 Å². The van der Waals surface area contributed by atoms with Gasteiger partial charge in [0.05, 0.1) is 17.4 Å². The molecule has 1 N–H and O–H groups in total. The van der Waals surface area contributed by atoms with Crippen LogP contribution in [0.2, 0.25) is 0 Å². The minimum absolute atomic E-state index is 0.144.